The highest BCUT2D eigenvalue weighted by Crippen LogP contribution is 2.12. The fraction of sp³-hybridized carbons (Fsp3) is 0.455. The van der Waals surface area contributed by atoms with E-state index in [9.17, 15) is 5.11 Å². The average molecular weight is 357 g/mol. The van der Waals surface area contributed by atoms with Crippen LogP contribution in [0.3, 0.4) is 0 Å². The second-order valence-electron chi connectivity index (χ2n) is 7.50. The van der Waals surface area contributed by atoms with Crippen molar-refractivity contribution in [2.24, 2.45) is 0 Å². The van der Waals surface area contributed by atoms with Crippen molar-refractivity contribution < 1.29 is 20.1 Å². The minimum Gasteiger partial charge on any atom is -0.491 e. The highest BCUT2D eigenvalue weighted by molar-refractivity contribution is 5.27. The number of aliphatic hydroxyl groups excluding tert-OH is 1. The summed E-state index contributed by atoms with van der Waals surface area (Å²) in [5.41, 5.74) is 2.60. The maximum Gasteiger partial charge on any atom is 0.137 e. The van der Waals surface area contributed by atoms with Gasteiger partial charge >= 0.3 is 0 Å². The number of aliphatic hydroxyl groups is 1. The van der Waals surface area contributed by atoms with Gasteiger partial charge in [0, 0.05) is 18.4 Å². The van der Waals surface area contributed by atoms with E-state index < -0.39 is 6.10 Å². The molecule has 2 aromatic rings. The van der Waals surface area contributed by atoms with Crippen molar-refractivity contribution in [2.75, 3.05) is 26.2 Å². The van der Waals surface area contributed by atoms with Crippen LogP contribution in [0.4, 0.5) is 0 Å². The number of hydrogen-bond donors (Lipinski definition) is 3. The van der Waals surface area contributed by atoms with Crippen molar-refractivity contribution in [3.8, 4) is 5.75 Å². The van der Waals surface area contributed by atoms with Gasteiger partial charge in [0.2, 0.25) is 0 Å². The van der Waals surface area contributed by atoms with Crippen LogP contribution in [0.25, 0.3) is 0 Å². The van der Waals surface area contributed by atoms with Crippen molar-refractivity contribution >= 4 is 0 Å². The first kappa shape index (κ1) is 18.9. The molecular weight excluding hydrogens is 324 g/mol. The minimum atomic E-state index is -0.426. The molecule has 0 aliphatic carbocycles. The maximum atomic E-state index is 10.2. The SMILES string of the molecule is Cc1cccc(OC[C@H](O)C[NH2+]C2CC[NH+](Cc3ccccc3)CC2)c1. The van der Waals surface area contributed by atoms with E-state index in [1.807, 2.05) is 31.2 Å². The van der Waals surface area contributed by atoms with Crippen LogP contribution in [0.1, 0.15) is 24.0 Å². The van der Waals surface area contributed by atoms with Gasteiger partial charge in [-0.25, -0.2) is 0 Å². The number of piperidine rings is 1. The lowest BCUT2D eigenvalue weighted by molar-refractivity contribution is -0.926. The summed E-state index contributed by atoms with van der Waals surface area (Å²) in [6, 6.07) is 19.3. The summed E-state index contributed by atoms with van der Waals surface area (Å²) in [4.78, 5) is 1.67. The first-order valence-electron chi connectivity index (χ1n) is 9.77. The molecule has 4 heteroatoms. The molecule has 0 spiro atoms. The number of ether oxygens (including phenoxy) is 1. The van der Waals surface area contributed by atoms with Crippen molar-refractivity contribution in [3.63, 3.8) is 0 Å². The number of likely N-dealkylation sites (tertiary alicyclic amines) is 1. The molecule has 26 heavy (non-hydrogen) atoms. The number of rotatable bonds is 8. The number of nitrogens with one attached hydrogen (secondary N) is 1. The normalized spacial score (nSPS) is 21.3. The van der Waals surface area contributed by atoms with E-state index in [0.717, 1.165) is 12.3 Å². The lowest BCUT2D eigenvalue weighted by Crippen LogP contribution is -3.13. The van der Waals surface area contributed by atoms with E-state index >= 15 is 0 Å². The van der Waals surface area contributed by atoms with E-state index in [2.05, 4.69) is 35.6 Å². The summed E-state index contributed by atoms with van der Waals surface area (Å²) in [6.45, 7) is 6.67. The Balaban J connectivity index is 1.32. The summed E-state index contributed by atoms with van der Waals surface area (Å²) >= 11 is 0. The van der Waals surface area contributed by atoms with E-state index in [1.54, 1.807) is 4.90 Å². The Bertz CT molecular complexity index is 654. The Morgan fingerprint density at radius 3 is 2.62 bits per heavy atom. The van der Waals surface area contributed by atoms with Gasteiger partial charge in [0.05, 0.1) is 19.1 Å². The van der Waals surface area contributed by atoms with Crippen LogP contribution in [0.2, 0.25) is 0 Å². The summed E-state index contributed by atoms with van der Waals surface area (Å²) in [7, 11) is 0. The molecular formula is C22H32N2O2+2. The molecule has 4 N–H and O–H groups in total. The summed E-state index contributed by atoms with van der Waals surface area (Å²) < 4.78 is 5.70. The second-order valence-corrected chi connectivity index (χ2v) is 7.50. The molecule has 1 atom stereocenters. The Morgan fingerprint density at radius 2 is 1.88 bits per heavy atom. The maximum absolute atomic E-state index is 10.2. The summed E-state index contributed by atoms with van der Waals surface area (Å²) in [5, 5.41) is 12.5. The number of benzene rings is 2. The zero-order valence-electron chi connectivity index (χ0n) is 15.7. The molecule has 0 amide bonds. The van der Waals surface area contributed by atoms with Gasteiger partial charge in [-0.05, 0) is 24.6 Å². The Hall–Kier alpha value is -1.88. The number of quaternary nitrogens is 2. The molecule has 4 nitrogen and oxygen atoms in total. The number of hydrogen-bond acceptors (Lipinski definition) is 2. The van der Waals surface area contributed by atoms with Gasteiger partial charge in [-0.15, -0.1) is 0 Å². The van der Waals surface area contributed by atoms with Crippen molar-refractivity contribution in [2.45, 2.75) is 38.5 Å². The molecule has 2 aromatic carbocycles. The third-order valence-corrected chi connectivity index (χ3v) is 5.21. The van der Waals surface area contributed by atoms with Gasteiger partial charge in [0.1, 0.15) is 31.5 Å². The van der Waals surface area contributed by atoms with Crippen molar-refractivity contribution in [3.05, 3.63) is 65.7 Å². The fourth-order valence-corrected chi connectivity index (χ4v) is 3.66. The molecule has 1 heterocycles. The molecule has 0 radical (unpaired) electrons. The zero-order chi connectivity index (χ0) is 18.2. The predicted octanol–water partition coefficient (Wildman–Crippen LogP) is 0.546. The van der Waals surface area contributed by atoms with E-state index in [-0.39, 0.29) is 0 Å². The first-order valence-corrected chi connectivity index (χ1v) is 9.77. The Kier molecular flexibility index (Phi) is 7.06. The van der Waals surface area contributed by atoms with Crippen LogP contribution in [-0.2, 0) is 6.54 Å². The molecule has 1 saturated heterocycles. The van der Waals surface area contributed by atoms with E-state index in [0.29, 0.717) is 19.2 Å². The van der Waals surface area contributed by atoms with Gasteiger partial charge in [0.15, 0.2) is 0 Å². The number of aryl methyl sites for hydroxylation is 1. The molecule has 0 unspecified atom stereocenters. The molecule has 0 aromatic heterocycles. The van der Waals surface area contributed by atoms with Gasteiger partial charge in [-0.3, -0.25) is 0 Å². The summed E-state index contributed by atoms with van der Waals surface area (Å²) in [5.74, 6) is 0.835. The van der Waals surface area contributed by atoms with Gasteiger partial charge in [-0.2, -0.15) is 0 Å². The molecule has 1 fully saturated rings. The number of nitrogens with two attached hydrogens (primary N) is 1. The lowest BCUT2D eigenvalue weighted by Gasteiger charge is -2.28. The smallest absolute Gasteiger partial charge is 0.137 e. The first-order chi connectivity index (χ1) is 12.7. The third-order valence-electron chi connectivity index (χ3n) is 5.21. The topological polar surface area (TPSA) is 50.5 Å². The molecule has 0 saturated carbocycles. The fourth-order valence-electron chi connectivity index (χ4n) is 3.66. The largest absolute Gasteiger partial charge is 0.491 e. The second kappa shape index (κ2) is 9.72. The van der Waals surface area contributed by atoms with E-state index in [1.165, 1.54) is 37.1 Å². The Labute approximate surface area is 156 Å². The zero-order valence-corrected chi connectivity index (χ0v) is 15.7. The molecule has 0 bridgehead atoms. The van der Waals surface area contributed by atoms with Crippen LogP contribution in [0.15, 0.2) is 54.6 Å². The van der Waals surface area contributed by atoms with Crippen LogP contribution in [0, 0.1) is 6.92 Å². The van der Waals surface area contributed by atoms with E-state index in [4.69, 9.17) is 4.74 Å². The van der Waals surface area contributed by atoms with Crippen LogP contribution < -0.4 is 15.0 Å². The van der Waals surface area contributed by atoms with Crippen LogP contribution in [0.5, 0.6) is 5.75 Å². The molecule has 3 rings (SSSR count). The van der Waals surface area contributed by atoms with Crippen molar-refractivity contribution in [1.29, 1.82) is 0 Å². The standard InChI is InChI=1S/C22H30N2O2/c1-18-6-5-9-22(14-18)26-17-21(25)15-23-20-10-12-24(13-11-20)16-19-7-3-2-4-8-19/h2-9,14,20-21,23,25H,10-13,15-17H2,1H3/p+2/t21-/m1/s1. The summed E-state index contributed by atoms with van der Waals surface area (Å²) in [6.07, 6.45) is 2.01. The molecule has 140 valence electrons. The minimum absolute atomic E-state index is 0.359. The quantitative estimate of drug-likeness (QED) is 0.647. The molecule has 1 aliphatic heterocycles. The highest BCUT2D eigenvalue weighted by atomic mass is 16.5. The van der Waals surface area contributed by atoms with Crippen LogP contribution >= 0.6 is 0 Å². The lowest BCUT2D eigenvalue weighted by atomic mass is 10.0. The average Bonchev–Trinajstić information content (AvgIpc) is 2.67. The predicted molar refractivity (Wildman–Crippen MR) is 103 cm³/mol. The van der Waals surface area contributed by atoms with Gasteiger partial charge in [-0.1, -0.05) is 42.5 Å². The molecule has 1 aliphatic rings. The van der Waals surface area contributed by atoms with Gasteiger partial charge < -0.3 is 20.1 Å². The highest BCUT2D eigenvalue weighted by Gasteiger charge is 2.25. The van der Waals surface area contributed by atoms with Crippen molar-refractivity contribution in [1.82, 2.24) is 0 Å². The third kappa shape index (κ3) is 6.13. The monoisotopic (exact) mass is 356 g/mol. The van der Waals surface area contributed by atoms with Crippen LogP contribution in [-0.4, -0.2) is 43.5 Å². The van der Waals surface area contributed by atoms with Gasteiger partial charge in [0.25, 0.3) is 0 Å². The Morgan fingerprint density at radius 1 is 1.12 bits per heavy atom.